The molecule has 1 aliphatic rings. The van der Waals surface area contributed by atoms with Gasteiger partial charge in [-0.2, -0.15) is 0 Å². The van der Waals surface area contributed by atoms with Crippen LogP contribution in [0.3, 0.4) is 0 Å². The van der Waals surface area contributed by atoms with Crippen LogP contribution in [0.1, 0.15) is 41.6 Å². The van der Waals surface area contributed by atoms with Gasteiger partial charge in [0.1, 0.15) is 0 Å². The summed E-state index contributed by atoms with van der Waals surface area (Å²) >= 11 is 0. The predicted octanol–water partition coefficient (Wildman–Crippen LogP) is 1.32. The Morgan fingerprint density at radius 3 is 2.40 bits per heavy atom. The number of carbonyl (C=O) groups excluding carboxylic acids is 2. The Hall–Kier alpha value is -2.41. The van der Waals surface area contributed by atoms with Crippen molar-refractivity contribution in [3.8, 4) is 0 Å². The molecule has 0 spiro atoms. The van der Waals surface area contributed by atoms with Gasteiger partial charge >= 0.3 is 5.97 Å². The van der Waals surface area contributed by atoms with Gasteiger partial charge in [0.15, 0.2) is 6.04 Å². The van der Waals surface area contributed by atoms with Gasteiger partial charge in [-0.05, 0) is 30.5 Å². The topological polar surface area (TPSA) is 105 Å². The minimum absolute atomic E-state index is 0.0863. The first-order valence-electron chi connectivity index (χ1n) is 8.40. The maximum atomic E-state index is 12.1. The molecule has 0 aliphatic heterocycles. The third-order valence-electron chi connectivity index (χ3n) is 4.35. The molecule has 1 saturated carbocycles. The average molecular weight is 348 g/mol. The second kappa shape index (κ2) is 9.17. The monoisotopic (exact) mass is 348 g/mol. The smallest absolute Gasteiger partial charge is 0.328 e. The van der Waals surface area contributed by atoms with E-state index in [2.05, 4.69) is 10.6 Å². The van der Waals surface area contributed by atoms with Crippen LogP contribution in [-0.2, 0) is 20.9 Å². The first-order valence-corrected chi connectivity index (χ1v) is 8.40. The first kappa shape index (κ1) is 18.9. The molecular formula is C18H24N2O5. The van der Waals surface area contributed by atoms with E-state index in [1.165, 1.54) is 7.11 Å². The zero-order valence-corrected chi connectivity index (χ0v) is 14.3. The summed E-state index contributed by atoms with van der Waals surface area (Å²) in [4.78, 5) is 35.1. The number of nitrogens with one attached hydrogen (secondary N) is 2. The number of methoxy groups -OCH3 is 1. The van der Waals surface area contributed by atoms with Crippen LogP contribution in [0.15, 0.2) is 24.3 Å². The van der Waals surface area contributed by atoms with Crippen molar-refractivity contribution in [1.82, 2.24) is 10.6 Å². The number of carboxylic acids is 1. The summed E-state index contributed by atoms with van der Waals surface area (Å²) in [6.45, 7) is 0.311. The Labute approximate surface area is 146 Å². The van der Waals surface area contributed by atoms with Gasteiger partial charge in [0.05, 0.1) is 6.61 Å². The fourth-order valence-corrected chi connectivity index (χ4v) is 2.88. The largest absolute Gasteiger partial charge is 0.480 e. The van der Waals surface area contributed by atoms with E-state index in [-0.39, 0.29) is 18.4 Å². The number of hydrogen-bond donors (Lipinski definition) is 3. The lowest BCUT2D eigenvalue weighted by atomic mass is 10.1. The molecular weight excluding hydrogens is 324 g/mol. The molecule has 2 rings (SSSR count). The molecule has 0 saturated heterocycles. The number of ether oxygens (including phenoxy) is 1. The molecule has 7 heteroatoms. The minimum atomic E-state index is -1.15. The lowest BCUT2D eigenvalue weighted by Gasteiger charge is -2.14. The fraction of sp³-hybridized carbons (Fsp3) is 0.500. The van der Waals surface area contributed by atoms with Crippen LogP contribution in [0.25, 0.3) is 0 Å². The van der Waals surface area contributed by atoms with Crippen molar-refractivity contribution in [3.63, 3.8) is 0 Å². The van der Waals surface area contributed by atoms with Gasteiger partial charge in [-0.25, -0.2) is 4.79 Å². The van der Waals surface area contributed by atoms with E-state index in [0.29, 0.717) is 12.1 Å². The van der Waals surface area contributed by atoms with Gasteiger partial charge < -0.3 is 20.5 Å². The molecule has 0 bridgehead atoms. The molecule has 7 nitrogen and oxygen atoms in total. The molecule has 0 radical (unpaired) electrons. The molecule has 1 unspecified atom stereocenters. The normalized spacial score (nSPS) is 15.6. The van der Waals surface area contributed by atoms with Gasteiger partial charge in [0.25, 0.3) is 5.91 Å². The average Bonchev–Trinajstić information content (AvgIpc) is 3.14. The third kappa shape index (κ3) is 5.56. The number of aliphatic carboxylic acids is 1. The van der Waals surface area contributed by atoms with Crippen molar-refractivity contribution >= 4 is 17.8 Å². The van der Waals surface area contributed by atoms with Crippen LogP contribution in [0.4, 0.5) is 0 Å². The molecule has 136 valence electrons. The van der Waals surface area contributed by atoms with E-state index < -0.39 is 17.9 Å². The number of rotatable bonds is 8. The third-order valence-corrected chi connectivity index (χ3v) is 4.35. The van der Waals surface area contributed by atoms with E-state index in [9.17, 15) is 14.4 Å². The summed E-state index contributed by atoms with van der Waals surface area (Å²) in [7, 11) is 1.37. The number of carboxylic acid groups (broad SMARTS) is 1. The van der Waals surface area contributed by atoms with Crippen molar-refractivity contribution in [3.05, 3.63) is 35.4 Å². The summed E-state index contributed by atoms with van der Waals surface area (Å²) in [5.74, 6) is -1.42. The Morgan fingerprint density at radius 1 is 1.20 bits per heavy atom. The zero-order chi connectivity index (χ0) is 18.2. The van der Waals surface area contributed by atoms with Gasteiger partial charge in [0, 0.05) is 25.1 Å². The first-order chi connectivity index (χ1) is 12.0. The van der Waals surface area contributed by atoms with Gasteiger partial charge in [-0.15, -0.1) is 0 Å². The number of carbonyl (C=O) groups is 3. The van der Waals surface area contributed by atoms with E-state index in [1.807, 2.05) is 0 Å². The van der Waals surface area contributed by atoms with Crippen LogP contribution in [-0.4, -0.2) is 42.6 Å². The van der Waals surface area contributed by atoms with Crippen LogP contribution in [0.5, 0.6) is 0 Å². The Kier molecular flexibility index (Phi) is 6.94. The van der Waals surface area contributed by atoms with Gasteiger partial charge in [-0.3, -0.25) is 9.59 Å². The van der Waals surface area contributed by atoms with E-state index in [4.69, 9.17) is 9.84 Å². The van der Waals surface area contributed by atoms with Crippen molar-refractivity contribution in [1.29, 1.82) is 0 Å². The highest BCUT2D eigenvalue weighted by atomic mass is 16.5. The lowest BCUT2D eigenvalue weighted by molar-refractivity contribution is -0.140. The number of benzene rings is 1. The Morgan fingerprint density at radius 2 is 1.84 bits per heavy atom. The lowest BCUT2D eigenvalue weighted by Crippen LogP contribution is -2.43. The highest BCUT2D eigenvalue weighted by Crippen LogP contribution is 2.24. The second-order valence-electron chi connectivity index (χ2n) is 6.22. The maximum Gasteiger partial charge on any atom is 0.328 e. The van der Waals surface area contributed by atoms with Crippen LogP contribution in [0.2, 0.25) is 0 Å². The number of hydrogen-bond acceptors (Lipinski definition) is 4. The standard InChI is InChI=1S/C18H24N2O5/c1-25-11-15(18(23)24)20-17(22)14-8-6-12(7-9-14)10-19-16(21)13-4-2-3-5-13/h6-9,13,15H,2-5,10-11H2,1H3,(H,19,21)(H,20,22)(H,23,24). The molecule has 25 heavy (non-hydrogen) atoms. The van der Waals surface area contributed by atoms with Crippen LogP contribution in [0, 0.1) is 5.92 Å². The quantitative estimate of drug-likeness (QED) is 0.657. The minimum Gasteiger partial charge on any atom is -0.480 e. The van der Waals surface area contributed by atoms with Crippen molar-refractivity contribution in [2.75, 3.05) is 13.7 Å². The molecule has 0 heterocycles. The van der Waals surface area contributed by atoms with E-state index in [0.717, 1.165) is 31.2 Å². The summed E-state index contributed by atoms with van der Waals surface area (Å²) in [6.07, 6.45) is 4.14. The molecule has 3 N–H and O–H groups in total. The van der Waals surface area contributed by atoms with Gasteiger partial charge in [0.2, 0.25) is 5.91 Å². The Bertz CT molecular complexity index is 608. The fourth-order valence-electron chi connectivity index (χ4n) is 2.88. The van der Waals surface area contributed by atoms with E-state index >= 15 is 0 Å². The zero-order valence-electron chi connectivity index (χ0n) is 14.3. The Balaban J connectivity index is 1.86. The molecule has 1 fully saturated rings. The molecule has 0 aromatic heterocycles. The summed E-state index contributed by atoms with van der Waals surface area (Å²) in [5, 5.41) is 14.3. The SMILES string of the molecule is COCC(NC(=O)c1ccc(CNC(=O)C2CCCC2)cc1)C(=O)O. The van der Waals surface area contributed by atoms with Crippen LogP contribution >= 0.6 is 0 Å². The number of amides is 2. The molecule has 1 aromatic carbocycles. The summed E-state index contributed by atoms with van der Waals surface area (Å²) in [5.41, 5.74) is 1.24. The van der Waals surface area contributed by atoms with Crippen molar-refractivity contribution in [2.24, 2.45) is 5.92 Å². The van der Waals surface area contributed by atoms with Crippen molar-refractivity contribution < 1.29 is 24.2 Å². The maximum absolute atomic E-state index is 12.1. The predicted molar refractivity (Wildman–Crippen MR) is 91.0 cm³/mol. The molecule has 1 aliphatic carbocycles. The highest BCUT2D eigenvalue weighted by molar-refractivity contribution is 5.96. The summed E-state index contributed by atoms with van der Waals surface area (Å²) < 4.78 is 4.78. The van der Waals surface area contributed by atoms with Gasteiger partial charge in [-0.1, -0.05) is 25.0 Å². The van der Waals surface area contributed by atoms with Crippen LogP contribution < -0.4 is 10.6 Å². The summed E-state index contributed by atoms with van der Waals surface area (Å²) in [6, 6.07) is 5.62. The molecule has 1 atom stereocenters. The molecule has 2 amide bonds. The highest BCUT2D eigenvalue weighted by Gasteiger charge is 2.22. The van der Waals surface area contributed by atoms with E-state index in [1.54, 1.807) is 24.3 Å². The van der Waals surface area contributed by atoms with Crippen molar-refractivity contribution in [2.45, 2.75) is 38.3 Å². The second-order valence-corrected chi connectivity index (χ2v) is 6.22. The molecule has 1 aromatic rings.